The van der Waals surface area contributed by atoms with E-state index < -0.39 is 12.5 Å². The van der Waals surface area contributed by atoms with Gasteiger partial charge in [-0.05, 0) is 48.4 Å². The van der Waals surface area contributed by atoms with Crippen molar-refractivity contribution in [2.45, 2.75) is 6.61 Å². The third-order valence-electron chi connectivity index (χ3n) is 3.47. The smallest absolute Gasteiger partial charge is 0.387 e. The van der Waals surface area contributed by atoms with Crippen molar-refractivity contribution in [3.05, 3.63) is 89.7 Å². The standard InChI is InChI=1S/C21H14F2N2O2/c22-21(23)27-19-10-2-1-9-18(19)20(26)25-17-8-5-6-15(14-17)11-12-16-7-3-4-13-24-16/h1-10,13-14,21H,(H,25,26). The van der Waals surface area contributed by atoms with Gasteiger partial charge in [-0.25, -0.2) is 4.98 Å². The number of anilines is 1. The minimum atomic E-state index is -3.01. The summed E-state index contributed by atoms with van der Waals surface area (Å²) in [4.78, 5) is 16.5. The van der Waals surface area contributed by atoms with Crippen molar-refractivity contribution in [1.82, 2.24) is 4.98 Å². The van der Waals surface area contributed by atoms with Crippen molar-refractivity contribution in [3.8, 4) is 17.6 Å². The molecule has 1 N–H and O–H groups in total. The SMILES string of the molecule is O=C(Nc1cccc(C#Cc2ccccn2)c1)c1ccccc1OC(F)F. The number of nitrogens with zero attached hydrogens (tertiary/aromatic N) is 1. The molecule has 6 heteroatoms. The molecule has 0 fully saturated rings. The van der Waals surface area contributed by atoms with Crippen LogP contribution in [-0.4, -0.2) is 17.5 Å². The van der Waals surface area contributed by atoms with Crippen molar-refractivity contribution in [3.63, 3.8) is 0 Å². The lowest BCUT2D eigenvalue weighted by atomic mass is 10.1. The molecule has 0 aliphatic carbocycles. The molecule has 0 spiro atoms. The fourth-order valence-electron chi connectivity index (χ4n) is 2.30. The molecular formula is C21H14F2N2O2. The Balaban J connectivity index is 1.77. The lowest BCUT2D eigenvalue weighted by Crippen LogP contribution is -2.15. The highest BCUT2D eigenvalue weighted by Gasteiger charge is 2.15. The molecule has 0 atom stereocenters. The number of rotatable bonds is 4. The summed E-state index contributed by atoms with van der Waals surface area (Å²) in [5.74, 6) is 5.15. The van der Waals surface area contributed by atoms with Crippen LogP contribution in [-0.2, 0) is 0 Å². The van der Waals surface area contributed by atoms with E-state index in [0.29, 0.717) is 16.9 Å². The van der Waals surface area contributed by atoms with Crippen LogP contribution in [0.4, 0.5) is 14.5 Å². The van der Waals surface area contributed by atoms with Gasteiger partial charge in [0, 0.05) is 17.4 Å². The van der Waals surface area contributed by atoms with Crippen LogP contribution in [0, 0.1) is 11.8 Å². The molecule has 2 aromatic carbocycles. The molecule has 1 heterocycles. The van der Waals surface area contributed by atoms with Gasteiger partial charge in [0.05, 0.1) is 5.56 Å². The molecule has 3 rings (SSSR count). The topological polar surface area (TPSA) is 51.2 Å². The molecule has 3 aromatic rings. The molecule has 0 saturated heterocycles. The molecule has 4 nitrogen and oxygen atoms in total. The average Bonchev–Trinajstić information content (AvgIpc) is 2.67. The number of aromatic nitrogens is 1. The summed E-state index contributed by atoms with van der Waals surface area (Å²) < 4.78 is 29.4. The Kier molecular flexibility index (Phi) is 5.75. The van der Waals surface area contributed by atoms with E-state index in [1.807, 2.05) is 6.07 Å². The molecule has 1 amide bonds. The van der Waals surface area contributed by atoms with E-state index >= 15 is 0 Å². The van der Waals surface area contributed by atoms with Gasteiger partial charge in [0.25, 0.3) is 5.91 Å². The zero-order valence-electron chi connectivity index (χ0n) is 14.0. The largest absolute Gasteiger partial charge is 0.434 e. The number of para-hydroxylation sites is 1. The number of benzene rings is 2. The van der Waals surface area contributed by atoms with Crippen LogP contribution in [0.25, 0.3) is 0 Å². The predicted octanol–water partition coefficient (Wildman–Crippen LogP) is 4.34. The van der Waals surface area contributed by atoms with Gasteiger partial charge in [-0.1, -0.05) is 30.2 Å². The first-order chi connectivity index (χ1) is 13.1. The fraction of sp³-hybridized carbons (Fsp3) is 0.0476. The summed E-state index contributed by atoms with van der Waals surface area (Å²) in [6.07, 6.45) is 1.65. The van der Waals surface area contributed by atoms with Crippen LogP contribution in [0.5, 0.6) is 5.75 Å². The van der Waals surface area contributed by atoms with Crippen molar-refractivity contribution < 1.29 is 18.3 Å². The Hall–Kier alpha value is -3.72. The normalized spacial score (nSPS) is 10.0. The van der Waals surface area contributed by atoms with Gasteiger partial charge in [0.2, 0.25) is 0 Å². The third-order valence-corrected chi connectivity index (χ3v) is 3.47. The molecule has 0 bridgehead atoms. The summed E-state index contributed by atoms with van der Waals surface area (Å²) in [6.45, 7) is -3.01. The van der Waals surface area contributed by atoms with Crippen LogP contribution in [0.2, 0.25) is 0 Å². The highest BCUT2D eigenvalue weighted by atomic mass is 19.3. The van der Waals surface area contributed by atoms with Crippen molar-refractivity contribution in [2.24, 2.45) is 0 Å². The van der Waals surface area contributed by atoms with Crippen molar-refractivity contribution in [2.75, 3.05) is 5.32 Å². The first-order valence-corrected chi connectivity index (χ1v) is 8.00. The monoisotopic (exact) mass is 364 g/mol. The molecular weight excluding hydrogens is 350 g/mol. The molecule has 0 saturated carbocycles. The Morgan fingerprint density at radius 1 is 1.00 bits per heavy atom. The lowest BCUT2D eigenvalue weighted by molar-refractivity contribution is -0.0501. The second kappa shape index (κ2) is 8.59. The number of hydrogen-bond acceptors (Lipinski definition) is 3. The molecule has 1 aromatic heterocycles. The maximum absolute atomic E-state index is 12.5. The second-order valence-electron chi connectivity index (χ2n) is 5.37. The third kappa shape index (κ3) is 5.13. The van der Waals surface area contributed by atoms with Crippen LogP contribution in [0.15, 0.2) is 72.9 Å². The van der Waals surface area contributed by atoms with Gasteiger partial charge in [0.15, 0.2) is 0 Å². The number of carbonyl (C=O) groups excluding carboxylic acids is 1. The first-order valence-electron chi connectivity index (χ1n) is 8.00. The predicted molar refractivity (Wildman–Crippen MR) is 97.7 cm³/mol. The summed E-state index contributed by atoms with van der Waals surface area (Å²) >= 11 is 0. The quantitative estimate of drug-likeness (QED) is 0.701. The molecule has 0 aliphatic rings. The number of pyridine rings is 1. The minimum absolute atomic E-state index is 0.0165. The van der Waals surface area contributed by atoms with E-state index in [0.717, 1.165) is 0 Å². The summed E-state index contributed by atoms with van der Waals surface area (Å²) in [6, 6.07) is 18.1. The number of hydrogen-bond donors (Lipinski definition) is 1. The average molecular weight is 364 g/mol. The Morgan fingerprint density at radius 3 is 2.59 bits per heavy atom. The summed E-state index contributed by atoms with van der Waals surface area (Å²) in [7, 11) is 0. The number of alkyl halides is 2. The number of carbonyl (C=O) groups is 1. The van der Waals surface area contributed by atoms with E-state index in [4.69, 9.17) is 0 Å². The zero-order valence-corrected chi connectivity index (χ0v) is 14.0. The highest BCUT2D eigenvalue weighted by Crippen LogP contribution is 2.22. The highest BCUT2D eigenvalue weighted by molar-refractivity contribution is 6.06. The number of halogens is 2. The maximum Gasteiger partial charge on any atom is 0.387 e. The van der Waals surface area contributed by atoms with Crippen LogP contribution in [0.1, 0.15) is 21.6 Å². The second-order valence-corrected chi connectivity index (χ2v) is 5.37. The molecule has 134 valence electrons. The molecule has 0 unspecified atom stereocenters. The zero-order chi connectivity index (χ0) is 19.1. The van der Waals surface area contributed by atoms with Gasteiger partial charge < -0.3 is 10.1 Å². The van der Waals surface area contributed by atoms with Gasteiger partial charge in [-0.15, -0.1) is 0 Å². The number of ether oxygens (including phenoxy) is 1. The van der Waals surface area contributed by atoms with Crippen molar-refractivity contribution in [1.29, 1.82) is 0 Å². The number of nitrogens with one attached hydrogen (secondary N) is 1. The maximum atomic E-state index is 12.5. The van der Waals surface area contributed by atoms with E-state index in [2.05, 4.69) is 26.9 Å². The van der Waals surface area contributed by atoms with E-state index in [9.17, 15) is 13.6 Å². The Morgan fingerprint density at radius 2 is 1.81 bits per heavy atom. The van der Waals surface area contributed by atoms with Gasteiger partial charge >= 0.3 is 6.61 Å². The van der Waals surface area contributed by atoms with E-state index in [1.165, 1.54) is 18.2 Å². The van der Waals surface area contributed by atoms with Crippen LogP contribution in [0.3, 0.4) is 0 Å². The fourth-order valence-corrected chi connectivity index (χ4v) is 2.30. The Bertz CT molecular complexity index is 996. The van der Waals surface area contributed by atoms with Gasteiger partial charge in [-0.2, -0.15) is 8.78 Å². The van der Waals surface area contributed by atoms with Crippen LogP contribution < -0.4 is 10.1 Å². The Labute approximate surface area is 154 Å². The van der Waals surface area contributed by atoms with Gasteiger partial charge in [0.1, 0.15) is 11.4 Å². The van der Waals surface area contributed by atoms with E-state index in [1.54, 1.807) is 48.7 Å². The minimum Gasteiger partial charge on any atom is -0.434 e. The summed E-state index contributed by atoms with van der Waals surface area (Å²) in [5, 5.41) is 2.66. The first kappa shape index (κ1) is 18.1. The lowest BCUT2D eigenvalue weighted by Gasteiger charge is -2.11. The van der Waals surface area contributed by atoms with Crippen LogP contribution >= 0.6 is 0 Å². The van der Waals surface area contributed by atoms with E-state index in [-0.39, 0.29) is 11.3 Å². The van der Waals surface area contributed by atoms with Gasteiger partial charge in [-0.3, -0.25) is 4.79 Å². The van der Waals surface area contributed by atoms with Crippen molar-refractivity contribution >= 4 is 11.6 Å². The molecule has 27 heavy (non-hydrogen) atoms. The molecule has 0 radical (unpaired) electrons. The number of amides is 1. The summed E-state index contributed by atoms with van der Waals surface area (Å²) in [5.41, 5.74) is 1.81. The molecule has 0 aliphatic heterocycles.